The molecule has 19 heavy (non-hydrogen) atoms. The molecule has 1 atom stereocenters. The minimum atomic E-state index is -0.103. The fourth-order valence-electron chi connectivity index (χ4n) is 2.54. The molecule has 2 rings (SSSR count). The number of hydrogen-bond donors (Lipinski definition) is 1. The van der Waals surface area contributed by atoms with E-state index in [2.05, 4.69) is 5.32 Å². The highest BCUT2D eigenvalue weighted by Gasteiger charge is 2.33. The van der Waals surface area contributed by atoms with E-state index in [0.717, 1.165) is 12.8 Å². The third-order valence-corrected chi connectivity index (χ3v) is 5.13. The zero-order chi connectivity index (χ0) is 13.8. The summed E-state index contributed by atoms with van der Waals surface area (Å²) in [6.45, 7) is 2.26. The maximum Gasteiger partial charge on any atom is 0.241 e. The molecule has 0 aromatic rings. The lowest BCUT2D eigenvalue weighted by atomic mass is 9.95. The molecule has 0 aromatic heterocycles. The first-order chi connectivity index (χ1) is 9.08. The number of nitrogens with one attached hydrogen (secondary N) is 1. The maximum atomic E-state index is 11.9. The summed E-state index contributed by atoms with van der Waals surface area (Å²) in [5.41, 5.74) is 0. The van der Waals surface area contributed by atoms with Gasteiger partial charge >= 0.3 is 0 Å². The molecule has 2 fully saturated rings. The molecule has 1 aliphatic carbocycles. The molecule has 0 spiro atoms. The van der Waals surface area contributed by atoms with Gasteiger partial charge in [-0.1, -0.05) is 43.2 Å². The van der Waals surface area contributed by atoms with Crippen LogP contribution in [-0.2, 0) is 9.59 Å². The predicted octanol–water partition coefficient (Wildman–Crippen LogP) is 2.07. The second-order valence-corrected chi connectivity index (χ2v) is 7.14. The third kappa shape index (κ3) is 3.92. The van der Waals surface area contributed by atoms with Crippen molar-refractivity contribution in [3.8, 4) is 0 Å². The van der Waals surface area contributed by atoms with Crippen LogP contribution in [0.5, 0.6) is 0 Å². The fourth-order valence-corrected chi connectivity index (χ4v) is 3.99. The largest absolute Gasteiger partial charge is 0.353 e. The topological polar surface area (TPSA) is 49.4 Å². The van der Waals surface area contributed by atoms with Gasteiger partial charge < -0.3 is 5.32 Å². The molecule has 2 aliphatic rings. The van der Waals surface area contributed by atoms with Gasteiger partial charge in [0.2, 0.25) is 11.8 Å². The van der Waals surface area contributed by atoms with E-state index in [1.54, 1.807) is 4.90 Å². The van der Waals surface area contributed by atoms with E-state index in [0.29, 0.717) is 23.3 Å². The van der Waals surface area contributed by atoms with Crippen molar-refractivity contribution in [3.05, 3.63) is 0 Å². The minimum absolute atomic E-state index is 0.0282. The van der Waals surface area contributed by atoms with Gasteiger partial charge in [0.25, 0.3) is 0 Å². The molecule has 6 heteroatoms. The van der Waals surface area contributed by atoms with Gasteiger partial charge in [0, 0.05) is 19.0 Å². The molecule has 0 radical (unpaired) electrons. The Morgan fingerprint density at radius 2 is 2.11 bits per heavy atom. The molecule has 1 saturated carbocycles. The molecule has 0 bridgehead atoms. The summed E-state index contributed by atoms with van der Waals surface area (Å²) in [4.78, 5) is 25.2. The van der Waals surface area contributed by atoms with Crippen LogP contribution in [-0.4, -0.2) is 38.9 Å². The average molecular weight is 300 g/mol. The SMILES string of the molecule is CC1SC(=S)N(CCC(=O)NC2CCCCC2)C1=O. The van der Waals surface area contributed by atoms with Crippen molar-refractivity contribution in [3.63, 3.8) is 0 Å². The van der Waals surface area contributed by atoms with Crippen LogP contribution < -0.4 is 5.32 Å². The van der Waals surface area contributed by atoms with Crippen LogP contribution in [0.1, 0.15) is 45.4 Å². The van der Waals surface area contributed by atoms with Gasteiger partial charge in [-0.25, -0.2) is 0 Å². The van der Waals surface area contributed by atoms with E-state index in [-0.39, 0.29) is 17.1 Å². The van der Waals surface area contributed by atoms with Crippen molar-refractivity contribution in [2.45, 2.75) is 56.7 Å². The molecule has 2 amide bonds. The summed E-state index contributed by atoms with van der Waals surface area (Å²) in [6.07, 6.45) is 6.19. The van der Waals surface area contributed by atoms with E-state index >= 15 is 0 Å². The van der Waals surface area contributed by atoms with Gasteiger partial charge in [0.15, 0.2) is 0 Å². The molecule has 1 aliphatic heterocycles. The van der Waals surface area contributed by atoms with E-state index in [4.69, 9.17) is 12.2 Å². The maximum absolute atomic E-state index is 11.9. The summed E-state index contributed by atoms with van der Waals surface area (Å²) in [5.74, 6) is 0.0625. The number of carbonyl (C=O) groups excluding carboxylic acids is 2. The van der Waals surface area contributed by atoms with E-state index in [9.17, 15) is 9.59 Å². The van der Waals surface area contributed by atoms with Gasteiger partial charge in [-0.2, -0.15) is 0 Å². The predicted molar refractivity (Wildman–Crippen MR) is 81.0 cm³/mol. The molecule has 4 nitrogen and oxygen atoms in total. The van der Waals surface area contributed by atoms with Crippen LogP contribution in [0.4, 0.5) is 0 Å². The summed E-state index contributed by atoms with van der Waals surface area (Å²) < 4.78 is 0.600. The first-order valence-corrected chi connectivity index (χ1v) is 8.18. The molecular formula is C13H20N2O2S2. The molecule has 1 N–H and O–H groups in total. The summed E-state index contributed by atoms with van der Waals surface area (Å²) in [5, 5.41) is 2.95. The lowest BCUT2D eigenvalue weighted by Crippen LogP contribution is -2.39. The van der Waals surface area contributed by atoms with Crippen LogP contribution in [0.15, 0.2) is 0 Å². The number of thioether (sulfide) groups is 1. The van der Waals surface area contributed by atoms with Gasteiger partial charge in [0.1, 0.15) is 4.32 Å². The first-order valence-electron chi connectivity index (χ1n) is 6.89. The number of nitrogens with zero attached hydrogens (tertiary/aromatic N) is 1. The lowest BCUT2D eigenvalue weighted by Gasteiger charge is -2.23. The van der Waals surface area contributed by atoms with Crippen molar-refractivity contribution in [1.29, 1.82) is 0 Å². The van der Waals surface area contributed by atoms with Gasteiger partial charge in [-0.15, -0.1) is 0 Å². The number of hydrogen-bond acceptors (Lipinski definition) is 4. The fraction of sp³-hybridized carbons (Fsp3) is 0.769. The second kappa shape index (κ2) is 6.70. The lowest BCUT2D eigenvalue weighted by molar-refractivity contribution is -0.126. The van der Waals surface area contributed by atoms with Crippen LogP contribution in [0.3, 0.4) is 0 Å². The van der Waals surface area contributed by atoms with Gasteiger partial charge in [-0.3, -0.25) is 14.5 Å². The smallest absolute Gasteiger partial charge is 0.241 e. The van der Waals surface area contributed by atoms with Crippen molar-refractivity contribution < 1.29 is 9.59 Å². The zero-order valence-corrected chi connectivity index (χ0v) is 12.8. The van der Waals surface area contributed by atoms with Crippen molar-refractivity contribution in [2.24, 2.45) is 0 Å². The number of amides is 2. The first kappa shape index (κ1) is 14.8. The minimum Gasteiger partial charge on any atom is -0.353 e. The van der Waals surface area contributed by atoms with Gasteiger partial charge in [-0.05, 0) is 19.8 Å². The molecule has 1 unspecified atom stereocenters. The highest BCUT2D eigenvalue weighted by atomic mass is 32.2. The monoisotopic (exact) mass is 300 g/mol. The Labute approximate surface area is 123 Å². The van der Waals surface area contributed by atoms with Crippen LogP contribution in [0.25, 0.3) is 0 Å². The standard InChI is InChI=1S/C13H20N2O2S2/c1-9-12(17)15(13(18)19-9)8-7-11(16)14-10-5-3-2-4-6-10/h9-10H,2-8H2,1H3,(H,14,16). The summed E-state index contributed by atoms with van der Waals surface area (Å²) in [7, 11) is 0. The van der Waals surface area contributed by atoms with E-state index < -0.39 is 0 Å². The highest BCUT2D eigenvalue weighted by molar-refractivity contribution is 8.24. The Morgan fingerprint density at radius 3 is 2.68 bits per heavy atom. The highest BCUT2D eigenvalue weighted by Crippen LogP contribution is 2.26. The Kier molecular flexibility index (Phi) is 5.21. The third-order valence-electron chi connectivity index (χ3n) is 3.64. The van der Waals surface area contributed by atoms with Gasteiger partial charge in [0.05, 0.1) is 5.25 Å². The van der Waals surface area contributed by atoms with Crippen LogP contribution in [0.2, 0.25) is 0 Å². The zero-order valence-electron chi connectivity index (χ0n) is 11.2. The second-order valence-electron chi connectivity index (χ2n) is 5.17. The Morgan fingerprint density at radius 1 is 1.42 bits per heavy atom. The number of carbonyl (C=O) groups is 2. The van der Waals surface area contributed by atoms with Crippen molar-refractivity contribution in [2.75, 3.05) is 6.54 Å². The molecule has 0 aromatic carbocycles. The average Bonchev–Trinajstić information content (AvgIpc) is 2.62. The number of thiocarbonyl (C=S) groups is 1. The van der Waals surface area contributed by atoms with Crippen molar-refractivity contribution >= 4 is 40.1 Å². The van der Waals surface area contributed by atoms with E-state index in [1.807, 2.05) is 6.92 Å². The Bertz CT molecular complexity index is 381. The quantitative estimate of drug-likeness (QED) is 0.808. The molecule has 1 saturated heterocycles. The number of rotatable bonds is 4. The van der Waals surface area contributed by atoms with Crippen molar-refractivity contribution in [1.82, 2.24) is 10.2 Å². The normalized spacial score (nSPS) is 24.9. The molecular weight excluding hydrogens is 280 g/mol. The molecule has 106 valence electrons. The Hall–Kier alpha value is -0.620. The molecule has 1 heterocycles. The van der Waals surface area contributed by atoms with Crippen LogP contribution in [0, 0.1) is 0 Å². The van der Waals surface area contributed by atoms with Crippen LogP contribution >= 0.6 is 24.0 Å². The Balaban J connectivity index is 1.74. The summed E-state index contributed by atoms with van der Waals surface area (Å²) >= 11 is 6.54. The summed E-state index contributed by atoms with van der Waals surface area (Å²) in [6, 6.07) is 0.329. The van der Waals surface area contributed by atoms with E-state index in [1.165, 1.54) is 31.0 Å².